The predicted octanol–water partition coefficient (Wildman–Crippen LogP) is 8.23. The van der Waals surface area contributed by atoms with Crippen LogP contribution in [0.15, 0.2) is 42.5 Å². The fourth-order valence-corrected chi connectivity index (χ4v) is 5.41. The second-order valence-electron chi connectivity index (χ2n) is 9.16. The summed E-state index contributed by atoms with van der Waals surface area (Å²) < 4.78 is 109. The molecule has 0 bridgehead atoms. The maximum atomic E-state index is 15.1. The zero-order chi connectivity index (χ0) is 26.3. The molecule has 36 heavy (non-hydrogen) atoms. The van der Waals surface area contributed by atoms with Gasteiger partial charge < -0.3 is 4.18 Å². The Balaban J connectivity index is 1.62. The predicted molar refractivity (Wildman–Crippen MR) is 124 cm³/mol. The van der Waals surface area contributed by atoms with Crippen LogP contribution in [0.3, 0.4) is 0 Å². The Hall–Kier alpha value is -2.75. The van der Waals surface area contributed by atoms with E-state index < -0.39 is 38.8 Å². The van der Waals surface area contributed by atoms with Crippen molar-refractivity contribution < 1.29 is 38.9 Å². The van der Waals surface area contributed by atoms with E-state index in [1.807, 2.05) is 0 Å². The topological polar surface area (TPSA) is 43.4 Å². The van der Waals surface area contributed by atoms with E-state index in [0.29, 0.717) is 11.5 Å². The van der Waals surface area contributed by atoms with Gasteiger partial charge in [-0.1, -0.05) is 38.0 Å². The lowest BCUT2D eigenvalue weighted by molar-refractivity contribution is -0.0500. The van der Waals surface area contributed by atoms with Gasteiger partial charge >= 0.3 is 15.6 Å². The van der Waals surface area contributed by atoms with Crippen LogP contribution in [-0.4, -0.2) is 13.9 Å². The quantitative estimate of drug-likeness (QED) is 0.183. The second-order valence-corrected chi connectivity index (χ2v) is 10.7. The third kappa shape index (κ3) is 5.19. The van der Waals surface area contributed by atoms with Crippen molar-refractivity contribution >= 4 is 20.9 Å². The molecule has 4 rings (SSSR count). The molecule has 0 radical (unpaired) electrons. The standard InChI is InChI=1S/C26H24F6O3S/c1-2-3-15-4-6-16(7-5-15)19-13-21(27)24(22(28)14-19)18-8-10-20-17(12-18)9-11-23(25(20)29)35-36(33,34)26(30,31)32/h8-16H,2-7H2,1H3. The fraction of sp³-hybridized carbons (Fsp3) is 0.385. The molecule has 1 saturated carbocycles. The van der Waals surface area contributed by atoms with Gasteiger partial charge in [-0.2, -0.15) is 21.6 Å². The highest BCUT2D eigenvalue weighted by Crippen LogP contribution is 2.40. The SMILES string of the molecule is CCCC1CCC(c2cc(F)c(-c3ccc4c(F)c(OS(=O)(=O)C(F)(F)F)ccc4c3)c(F)c2)CC1. The second kappa shape index (κ2) is 9.95. The van der Waals surface area contributed by atoms with E-state index in [0.717, 1.165) is 56.7 Å². The Morgan fingerprint density at radius 1 is 0.917 bits per heavy atom. The molecular formula is C26H24F6O3S. The van der Waals surface area contributed by atoms with Gasteiger partial charge in [0.2, 0.25) is 0 Å². The van der Waals surface area contributed by atoms with E-state index in [4.69, 9.17) is 0 Å². The molecule has 3 aromatic rings. The molecule has 0 amide bonds. The molecule has 0 atom stereocenters. The van der Waals surface area contributed by atoms with Crippen molar-refractivity contribution in [1.82, 2.24) is 0 Å². The molecule has 0 aliphatic heterocycles. The normalized spacial score (nSPS) is 19.0. The zero-order valence-electron chi connectivity index (χ0n) is 19.3. The first-order valence-corrected chi connectivity index (χ1v) is 13.0. The monoisotopic (exact) mass is 530 g/mol. The van der Waals surface area contributed by atoms with Crippen LogP contribution in [0, 0.1) is 23.4 Å². The molecule has 0 saturated heterocycles. The first-order valence-electron chi connectivity index (χ1n) is 11.6. The summed E-state index contributed by atoms with van der Waals surface area (Å²) in [6.07, 6.45) is 6.05. The number of hydrogen-bond donors (Lipinski definition) is 0. The van der Waals surface area contributed by atoms with Crippen LogP contribution >= 0.6 is 0 Å². The molecule has 0 heterocycles. The van der Waals surface area contributed by atoms with Gasteiger partial charge in [0.05, 0.1) is 5.56 Å². The Morgan fingerprint density at radius 3 is 2.14 bits per heavy atom. The van der Waals surface area contributed by atoms with Crippen molar-refractivity contribution in [1.29, 1.82) is 0 Å². The highest BCUT2D eigenvalue weighted by Gasteiger charge is 2.49. The molecule has 1 aliphatic rings. The molecule has 10 heteroatoms. The molecular weight excluding hydrogens is 506 g/mol. The number of fused-ring (bicyclic) bond motifs is 1. The molecule has 3 aromatic carbocycles. The highest BCUT2D eigenvalue weighted by molar-refractivity contribution is 7.88. The summed E-state index contributed by atoms with van der Waals surface area (Å²) >= 11 is 0. The lowest BCUT2D eigenvalue weighted by Crippen LogP contribution is -2.28. The van der Waals surface area contributed by atoms with Crippen molar-refractivity contribution in [3.63, 3.8) is 0 Å². The first-order chi connectivity index (χ1) is 16.9. The Kier molecular flexibility index (Phi) is 7.28. The minimum Gasteiger partial charge on any atom is -0.373 e. The highest BCUT2D eigenvalue weighted by atomic mass is 32.2. The van der Waals surface area contributed by atoms with Crippen molar-refractivity contribution in [3.05, 3.63) is 65.5 Å². The van der Waals surface area contributed by atoms with Gasteiger partial charge in [-0.3, -0.25) is 0 Å². The van der Waals surface area contributed by atoms with Gasteiger partial charge in [0.25, 0.3) is 0 Å². The Labute approximate surface area is 205 Å². The Bertz CT molecular complexity index is 1350. The van der Waals surface area contributed by atoms with Crippen LogP contribution in [0.25, 0.3) is 21.9 Å². The lowest BCUT2D eigenvalue weighted by atomic mass is 9.77. The van der Waals surface area contributed by atoms with Gasteiger partial charge in [0.1, 0.15) is 11.6 Å². The van der Waals surface area contributed by atoms with Crippen molar-refractivity contribution in [2.75, 3.05) is 0 Å². The maximum Gasteiger partial charge on any atom is 0.534 e. The third-order valence-electron chi connectivity index (χ3n) is 6.77. The van der Waals surface area contributed by atoms with Gasteiger partial charge in [-0.15, -0.1) is 0 Å². The molecule has 194 valence electrons. The first kappa shape index (κ1) is 26.3. The van der Waals surface area contributed by atoms with Crippen molar-refractivity contribution in [2.24, 2.45) is 5.92 Å². The van der Waals surface area contributed by atoms with Gasteiger partial charge in [0, 0.05) is 5.39 Å². The van der Waals surface area contributed by atoms with Crippen LogP contribution < -0.4 is 4.18 Å². The summed E-state index contributed by atoms with van der Waals surface area (Å²) in [5, 5.41) is -0.172. The van der Waals surface area contributed by atoms with Crippen LogP contribution in [0.1, 0.15) is 56.9 Å². The number of halogens is 6. The minimum atomic E-state index is -6.06. The van der Waals surface area contributed by atoms with E-state index in [2.05, 4.69) is 11.1 Å². The van der Waals surface area contributed by atoms with Crippen LogP contribution in [-0.2, 0) is 10.1 Å². The summed E-state index contributed by atoms with van der Waals surface area (Å²) in [5.74, 6) is -3.29. The van der Waals surface area contributed by atoms with Crippen LogP contribution in [0.4, 0.5) is 26.3 Å². The molecule has 1 fully saturated rings. The number of alkyl halides is 3. The summed E-state index contributed by atoms with van der Waals surface area (Å²) in [6.45, 7) is 2.14. The zero-order valence-corrected chi connectivity index (χ0v) is 20.2. The summed E-state index contributed by atoms with van der Waals surface area (Å²) in [6, 6.07) is 8.08. The van der Waals surface area contributed by atoms with E-state index in [-0.39, 0.29) is 27.8 Å². The summed E-state index contributed by atoms with van der Waals surface area (Å²) in [5.41, 5.74) is -5.33. The van der Waals surface area contributed by atoms with Crippen molar-refractivity contribution in [3.8, 4) is 16.9 Å². The number of benzene rings is 3. The molecule has 0 aromatic heterocycles. The van der Waals surface area contributed by atoms with Crippen LogP contribution in [0.2, 0.25) is 0 Å². The Morgan fingerprint density at radius 2 is 1.56 bits per heavy atom. The average Bonchev–Trinajstić information content (AvgIpc) is 2.80. The molecule has 3 nitrogen and oxygen atoms in total. The number of rotatable bonds is 6. The summed E-state index contributed by atoms with van der Waals surface area (Å²) in [7, 11) is -6.06. The van der Waals surface area contributed by atoms with Crippen LogP contribution in [0.5, 0.6) is 5.75 Å². The van der Waals surface area contributed by atoms with E-state index in [9.17, 15) is 26.0 Å². The van der Waals surface area contributed by atoms with Gasteiger partial charge in [-0.05, 0) is 78.3 Å². The summed E-state index contributed by atoms with van der Waals surface area (Å²) in [4.78, 5) is 0. The van der Waals surface area contributed by atoms with Gasteiger partial charge in [0.15, 0.2) is 11.6 Å². The molecule has 0 spiro atoms. The smallest absolute Gasteiger partial charge is 0.373 e. The molecule has 0 N–H and O–H groups in total. The molecule has 0 unspecified atom stereocenters. The lowest BCUT2D eigenvalue weighted by Gasteiger charge is -2.29. The maximum absolute atomic E-state index is 15.1. The molecule has 1 aliphatic carbocycles. The third-order valence-corrected chi connectivity index (χ3v) is 7.74. The van der Waals surface area contributed by atoms with E-state index >= 15 is 8.78 Å². The largest absolute Gasteiger partial charge is 0.534 e. The minimum absolute atomic E-state index is 0.0771. The van der Waals surface area contributed by atoms with Gasteiger partial charge in [-0.25, -0.2) is 13.2 Å². The van der Waals surface area contributed by atoms with Crippen molar-refractivity contribution in [2.45, 2.75) is 56.9 Å². The van der Waals surface area contributed by atoms with E-state index in [1.54, 1.807) is 0 Å². The number of hydrogen-bond acceptors (Lipinski definition) is 3. The van der Waals surface area contributed by atoms with E-state index in [1.165, 1.54) is 24.3 Å². The average molecular weight is 531 g/mol. The fourth-order valence-electron chi connectivity index (χ4n) is 4.95.